The first-order chi connectivity index (χ1) is 10.5. The summed E-state index contributed by atoms with van der Waals surface area (Å²) < 4.78 is 40.0. The lowest BCUT2D eigenvalue weighted by atomic mass is 10.1. The summed E-state index contributed by atoms with van der Waals surface area (Å²) in [4.78, 5) is 0. The summed E-state index contributed by atoms with van der Waals surface area (Å²) in [5.41, 5.74) is -0.317. The molecule has 0 spiro atoms. The first-order valence-corrected chi connectivity index (χ1v) is 7.68. The molecule has 0 saturated heterocycles. The Kier molecular flexibility index (Phi) is 5.78. The summed E-state index contributed by atoms with van der Waals surface area (Å²) in [5, 5.41) is 14.8. The van der Waals surface area contributed by atoms with Gasteiger partial charge in [0.05, 0.1) is 5.56 Å². The van der Waals surface area contributed by atoms with Crippen molar-refractivity contribution in [1.82, 2.24) is 25.5 Å². The van der Waals surface area contributed by atoms with Gasteiger partial charge in [-0.3, -0.25) is 0 Å². The number of thioether (sulfide) groups is 1. The minimum atomic E-state index is -4.31. The van der Waals surface area contributed by atoms with Crippen LogP contribution in [0, 0.1) is 0 Å². The standard InChI is InChI=1S/C13H16F3N5S/c1-21-12(18-19-20-21)22-8-4-7-17-9-10-5-2-3-6-11(10)13(14,15)16/h2-3,5-6,17H,4,7-9H2,1H3. The molecule has 0 amide bonds. The average molecular weight is 331 g/mol. The van der Waals surface area contributed by atoms with Crippen molar-refractivity contribution in [1.29, 1.82) is 0 Å². The van der Waals surface area contributed by atoms with E-state index >= 15 is 0 Å². The van der Waals surface area contributed by atoms with Crippen molar-refractivity contribution in [2.45, 2.75) is 24.3 Å². The highest BCUT2D eigenvalue weighted by molar-refractivity contribution is 7.99. The zero-order valence-electron chi connectivity index (χ0n) is 12.0. The first kappa shape index (κ1) is 16.8. The van der Waals surface area contributed by atoms with Crippen LogP contribution in [0.4, 0.5) is 13.2 Å². The molecule has 2 rings (SSSR count). The van der Waals surface area contributed by atoms with E-state index in [0.717, 1.165) is 23.4 Å². The maximum atomic E-state index is 12.8. The second-order valence-electron chi connectivity index (χ2n) is 4.62. The summed E-state index contributed by atoms with van der Waals surface area (Å²) in [6.07, 6.45) is -3.50. The fourth-order valence-corrected chi connectivity index (χ4v) is 2.67. The number of aromatic nitrogens is 4. The Morgan fingerprint density at radius 1 is 1.27 bits per heavy atom. The summed E-state index contributed by atoms with van der Waals surface area (Å²) in [7, 11) is 1.76. The average Bonchev–Trinajstić information content (AvgIpc) is 2.87. The zero-order chi connectivity index (χ0) is 16.0. The van der Waals surface area contributed by atoms with Crippen LogP contribution in [0.25, 0.3) is 0 Å². The molecular formula is C13H16F3N5S. The largest absolute Gasteiger partial charge is 0.416 e. The van der Waals surface area contributed by atoms with Gasteiger partial charge in [-0.05, 0) is 35.0 Å². The highest BCUT2D eigenvalue weighted by Crippen LogP contribution is 2.31. The highest BCUT2D eigenvalue weighted by atomic mass is 32.2. The Labute approximate surface area is 130 Å². The molecule has 120 valence electrons. The fraction of sp³-hybridized carbons (Fsp3) is 0.462. The van der Waals surface area contributed by atoms with Crippen LogP contribution in [-0.2, 0) is 19.8 Å². The van der Waals surface area contributed by atoms with Gasteiger partial charge in [-0.15, -0.1) is 5.10 Å². The molecule has 2 aromatic rings. The first-order valence-electron chi connectivity index (χ1n) is 6.69. The third-order valence-corrected chi connectivity index (χ3v) is 4.05. The van der Waals surface area contributed by atoms with E-state index in [1.54, 1.807) is 17.8 Å². The Bertz CT molecular complexity index is 599. The molecule has 0 aliphatic carbocycles. The molecule has 9 heteroatoms. The topological polar surface area (TPSA) is 55.6 Å². The van der Waals surface area contributed by atoms with E-state index in [2.05, 4.69) is 20.8 Å². The van der Waals surface area contributed by atoms with E-state index < -0.39 is 11.7 Å². The van der Waals surface area contributed by atoms with Gasteiger partial charge in [-0.25, -0.2) is 4.68 Å². The number of benzene rings is 1. The predicted molar refractivity (Wildman–Crippen MR) is 77.3 cm³/mol. The molecule has 1 heterocycles. The fourth-order valence-electron chi connectivity index (χ4n) is 1.88. The third-order valence-electron chi connectivity index (χ3n) is 2.95. The number of nitrogens with zero attached hydrogens (tertiary/aromatic N) is 4. The van der Waals surface area contributed by atoms with Gasteiger partial charge in [0.15, 0.2) is 0 Å². The molecule has 5 nitrogen and oxygen atoms in total. The van der Waals surface area contributed by atoms with Crippen LogP contribution in [0.1, 0.15) is 17.5 Å². The lowest BCUT2D eigenvalue weighted by Gasteiger charge is -2.13. The zero-order valence-corrected chi connectivity index (χ0v) is 12.8. The number of rotatable bonds is 7. The van der Waals surface area contributed by atoms with E-state index in [1.807, 2.05) is 0 Å². The Morgan fingerprint density at radius 3 is 2.73 bits per heavy atom. The van der Waals surface area contributed by atoms with Crippen molar-refractivity contribution in [3.05, 3.63) is 35.4 Å². The molecule has 0 aliphatic heterocycles. The Balaban J connectivity index is 1.72. The van der Waals surface area contributed by atoms with E-state index in [-0.39, 0.29) is 12.1 Å². The molecule has 0 bridgehead atoms. The molecule has 0 saturated carbocycles. The van der Waals surface area contributed by atoms with Gasteiger partial charge in [-0.1, -0.05) is 30.0 Å². The van der Waals surface area contributed by atoms with Gasteiger partial charge in [0.1, 0.15) is 0 Å². The lowest BCUT2D eigenvalue weighted by molar-refractivity contribution is -0.138. The highest BCUT2D eigenvalue weighted by Gasteiger charge is 2.32. The van der Waals surface area contributed by atoms with Crippen molar-refractivity contribution in [3.63, 3.8) is 0 Å². The summed E-state index contributed by atoms with van der Waals surface area (Å²) in [6.45, 7) is 0.830. The van der Waals surface area contributed by atoms with Gasteiger partial charge in [-0.2, -0.15) is 13.2 Å². The summed E-state index contributed by atoms with van der Waals surface area (Å²) in [6, 6.07) is 5.62. The number of aryl methyl sites for hydroxylation is 1. The van der Waals surface area contributed by atoms with E-state index in [1.165, 1.54) is 23.9 Å². The minimum absolute atomic E-state index is 0.200. The van der Waals surface area contributed by atoms with Crippen LogP contribution < -0.4 is 5.32 Å². The normalized spacial score (nSPS) is 11.8. The molecule has 22 heavy (non-hydrogen) atoms. The van der Waals surface area contributed by atoms with Crippen molar-refractivity contribution < 1.29 is 13.2 Å². The summed E-state index contributed by atoms with van der Waals surface area (Å²) in [5.74, 6) is 0.794. The SMILES string of the molecule is Cn1nnnc1SCCCNCc1ccccc1C(F)(F)F. The Hall–Kier alpha value is -1.61. The van der Waals surface area contributed by atoms with E-state index in [4.69, 9.17) is 0 Å². The molecule has 0 radical (unpaired) electrons. The molecule has 0 unspecified atom stereocenters. The molecular weight excluding hydrogens is 315 g/mol. The second kappa shape index (κ2) is 7.59. The number of nitrogens with one attached hydrogen (secondary N) is 1. The molecule has 0 atom stereocenters. The lowest BCUT2D eigenvalue weighted by Crippen LogP contribution is -2.19. The van der Waals surface area contributed by atoms with Gasteiger partial charge in [0.2, 0.25) is 5.16 Å². The number of hydrogen-bond acceptors (Lipinski definition) is 5. The monoisotopic (exact) mass is 331 g/mol. The van der Waals surface area contributed by atoms with Crippen LogP contribution in [0.5, 0.6) is 0 Å². The minimum Gasteiger partial charge on any atom is -0.313 e. The van der Waals surface area contributed by atoms with Gasteiger partial charge < -0.3 is 5.32 Å². The van der Waals surface area contributed by atoms with E-state index in [9.17, 15) is 13.2 Å². The van der Waals surface area contributed by atoms with Gasteiger partial charge in [0.25, 0.3) is 0 Å². The van der Waals surface area contributed by atoms with Crippen LogP contribution in [0.2, 0.25) is 0 Å². The number of halogens is 3. The summed E-state index contributed by atoms with van der Waals surface area (Å²) >= 11 is 1.51. The van der Waals surface area contributed by atoms with Gasteiger partial charge in [0, 0.05) is 19.3 Å². The molecule has 0 fully saturated rings. The maximum absolute atomic E-state index is 12.8. The maximum Gasteiger partial charge on any atom is 0.416 e. The number of hydrogen-bond donors (Lipinski definition) is 1. The van der Waals surface area contributed by atoms with Crippen LogP contribution >= 0.6 is 11.8 Å². The predicted octanol–water partition coefficient (Wildman–Crippen LogP) is 2.50. The van der Waals surface area contributed by atoms with Crippen LogP contribution in [-0.4, -0.2) is 32.5 Å². The van der Waals surface area contributed by atoms with E-state index in [0.29, 0.717) is 6.54 Å². The smallest absolute Gasteiger partial charge is 0.313 e. The molecule has 0 aliphatic rings. The van der Waals surface area contributed by atoms with Crippen LogP contribution in [0.3, 0.4) is 0 Å². The Morgan fingerprint density at radius 2 is 2.05 bits per heavy atom. The van der Waals surface area contributed by atoms with Crippen LogP contribution in [0.15, 0.2) is 29.4 Å². The third kappa shape index (κ3) is 4.70. The number of tetrazole rings is 1. The van der Waals surface area contributed by atoms with Crippen molar-refractivity contribution in [2.24, 2.45) is 7.05 Å². The molecule has 1 aromatic heterocycles. The van der Waals surface area contributed by atoms with Crippen molar-refractivity contribution in [3.8, 4) is 0 Å². The quantitative estimate of drug-likeness (QED) is 0.624. The second-order valence-corrected chi connectivity index (χ2v) is 5.68. The van der Waals surface area contributed by atoms with Gasteiger partial charge >= 0.3 is 6.18 Å². The van der Waals surface area contributed by atoms with Crippen molar-refractivity contribution in [2.75, 3.05) is 12.3 Å². The molecule has 1 N–H and O–H groups in total. The molecule has 1 aromatic carbocycles. The van der Waals surface area contributed by atoms with Crippen molar-refractivity contribution >= 4 is 11.8 Å². The number of alkyl halides is 3.